The third-order valence-electron chi connectivity index (χ3n) is 5.40. The average molecular weight is 236 g/mol. The minimum atomic E-state index is 0.910. The second-order valence-electron chi connectivity index (χ2n) is 6.87. The van der Waals surface area contributed by atoms with E-state index in [0.717, 1.165) is 23.7 Å². The molecule has 2 bridgehead atoms. The van der Waals surface area contributed by atoms with E-state index in [1.54, 1.807) is 6.42 Å². The van der Waals surface area contributed by atoms with Gasteiger partial charge in [0, 0.05) is 13.1 Å². The topological polar surface area (TPSA) is 15.3 Å². The fourth-order valence-corrected chi connectivity index (χ4v) is 4.60. The fraction of sp³-hybridized carbons (Fsp3) is 1.00. The van der Waals surface area contributed by atoms with Gasteiger partial charge in [-0.05, 0) is 75.9 Å². The van der Waals surface area contributed by atoms with Gasteiger partial charge in [0.2, 0.25) is 0 Å². The molecule has 1 saturated heterocycles. The molecule has 0 aromatic carbocycles. The molecule has 2 aliphatic carbocycles. The highest BCUT2D eigenvalue weighted by Gasteiger charge is 2.39. The van der Waals surface area contributed by atoms with E-state index in [4.69, 9.17) is 0 Å². The Morgan fingerprint density at radius 2 is 2.06 bits per heavy atom. The second kappa shape index (κ2) is 5.27. The van der Waals surface area contributed by atoms with Crippen molar-refractivity contribution in [2.24, 2.45) is 23.7 Å². The Labute approximate surface area is 106 Å². The van der Waals surface area contributed by atoms with Gasteiger partial charge < -0.3 is 10.2 Å². The molecule has 2 nitrogen and oxygen atoms in total. The molecular formula is C15H28N2. The Balaban J connectivity index is 1.42. The Morgan fingerprint density at radius 1 is 1.12 bits per heavy atom. The van der Waals surface area contributed by atoms with Crippen LogP contribution in [0.2, 0.25) is 0 Å². The van der Waals surface area contributed by atoms with Gasteiger partial charge in [-0.25, -0.2) is 0 Å². The third kappa shape index (κ3) is 2.85. The molecule has 3 fully saturated rings. The van der Waals surface area contributed by atoms with Crippen LogP contribution in [0.5, 0.6) is 0 Å². The van der Waals surface area contributed by atoms with E-state index in [-0.39, 0.29) is 0 Å². The molecule has 4 unspecified atom stereocenters. The molecule has 0 amide bonds. The normalized spacial score (nSPS) is 41.3. The number of nitrogens with zero attached hydrogens (tertiary/aromatic N) is 1. The molecule has 0 spiro atoms. The molecule has 2 heteroatoms. The summed E-state index contributed by atoms with van der Waals surface area (Å²) in [5.74, 6) is 4.14. The van der Waals surface area contributed by atoms with Crippen LogP contribution in [0.1, 0.15) is 38.5 Å². The summed E-state index contributed by atoms with van der Waals surface area (Å²) in [5, 5.41) is 3.53. The Kier molecular flexibility index (Phi) is 3.72. The summed E-state index contributed by atoms with van der Waals surface area (Å²) in [7, 11) is 2.35. The van der Waals surface area contributed by atoms with Gasteiger partial charge in [-0.3, -0.25) is 0 Å². The lowest BCUT2D eigenvalue weighted by molar-refractivity contribution is 0.184. The average Bonchev–Trinajstić information content (AvgIpc) is 2.92. The molecule has 98 valence electrons. The zero-order chi connectivity index (χ0) is 11.7. The first-order valence-electron chi connectivity index (χ1n) is 7.70. The molecule has 1 heterocycles. The zero-order valence-corrected chi connectivity index (χ0v) is 11.3. The summed E-state index contributed by atoms with van der Waals surface area (Å²) >= 11 is 0. The van der Waals surface area contributed by atoms with Crippen molar-refractivity contribution in [1.82, 2.24) is 10.2 Å². The predicted octanol–water partition coefficient (Wildman–Crippen LogP) is 2.35. The molecule has 0 aromatic rings. The van der Waals surface area contributed by atoms with Gasteiger partial charge >= 0.3 is 0 Å². The van der Waals surface area contributed by atoms with E-state index in [1.165, 1.54) is 58.3 Å². The van der Waals surface area contributed by atoms with Gasteiger partial charge in [-0.15, -0.1) is 0 Å². The highest BCUT2D eigenvalue weighted by Crippen LogP contribution is 2.48. The largest absolute Gasteiger partial charge is 0.316 e. The van der Waals surface area contributed by atoms with Crippen molar-refractivity contribution in [3.05, 3.63) is 0 Å². The van der Waals surface area contributed by atoms with Crippen molar-refractivity contribution < 1.29 is 0 Å². The predicted molar refractivity (Wildman–Crippen MR) is 72.0 cm³/mol. The Hall–Kier alpha value is -0.0800. The summed E-state index contributed by atoms with van der Waals surface area (Å²) in [4.78, 5) is 2.63. The van der Waals surface area contributed by atoms with Gasteiger partial charge in [0.05, 0.1) is 0 Å². The lowest BCUT2D eigenvalue weighted by atomic mass is 9.88. The van der Waals surface area contributed by atoms with Crippen molar-refractivity contribution >= 4 is 0 Å². The zero-order valence-electron chi connectivity index (χ0n) is 11.3. The summed E-state index contributed by atoms with van der Waals surface area (Å²) in [6.07, 6.45) is 8.99. The van der Waals surface area contributed by atoms with Crippen LogP contribution in [-0.4, -0.2) is 38.1 Å². The Bertz CT molecular complexity index is 247. The maximum Gasteiger partial charge on any atom is 0.00189 e. The highest BCUT2D eigenvalue weighted by atomic mass is 15.1. The fourth-order valence-electron chi connectivity index (χ4n) is 4.60. The van der Waals surface area contributed by atoms with Crippen LogP contribution in [0.15, 0.2) is 0 Å². The van der Waals surface area contributed by atoms with E-state index in [9.17, 15) is 0 Å². The van der Waals surface area contributed by atoms with Gasteiger partial charge in [0.25, 0.3) is 0 Å². The van der Waals surface area contributed by atoms with Gasteiger partial charge in [-0.2, -0.15) is 0 Å². The molecule has 4 atom stereocenters. The molecular weight excluding hydrogens is 208 g/mol. The minimum Gasteiger partial charge on any atom is -0.316 e. The number of rotatable bonds is 4. The van der Waals surface area contributed by atoms with Crippen LogP contribution in [0.4, 0.5) is 0 Å². The van der Waals surface area contributed by atoms with E-state index in [1.807, 2.05) is 0 Å². The maximum atomic E-state index is 3.53. The summed E-state index contributed by atoms with van der Waals surface area (Å²) in [6.45, 7) is 5.19. The van der Waals surface area contributed by atoms with Crippen molar-refractivity contribution in [2.45, 2.75) is 38.5 Å². The molecule has 1 aliphatic heterocycles. The number of hydrogen-bond acceptors (Lipinski definition) is 2. The lowest BCUT2D eigenvalue weighted by Crippen LogP contribution is -2.39. The molecule has 3 rings (SSSR count). The van der Waals surface area contributed by atoms with Crippen LogP contribution in [0.3, 0.4) is 0 Å². The van der Waals surface area contributed by atoms with E-state index in [0.29, 0.717) is 0 Å². The van der Waals surface area contributed by atoms with Crippen LogP contribution in [0, 0.1) is 23.7 Å². The van der Waals surface area contributed by atoms with Crippen LogP contribution >= 0.6 is 0 Å². The van der Waals surface area contributed by atoms with E-state index < -0.39 is 0 Å². The van der Waals surface area contributed by atoms with Crippen molar-refractivity contribution in [1.29, 1.82) is 0 Å². The summed E-state index contributed by atoms with van der Waals surface area (Å²) in [5.41, 5.74) is 0. The second-order valence-corrected chi connectivity index (χ2v) is 6.87. The highest BCUT2D eigenvalue weighted by molar-refractivity contribution is 4.91. The van der Waals surface area contributed by atoms with Gasteiger partial charge in [-0.1, -0.05) is 6.42 Å². The van der Waals surface area contributed by atoms with Gasteiger partial charge in [0.1, 0.15) is 0 Å². The smallest absolute Gasteiger partial charge is 0.00189 e. The standard InChI is InChI=1S/C15H28N2/c1-17(10-13-3-2-6-16-9-13)11-15-8-12-4-5-14(15)7-12/h12-16H,2-11H2,1H3. The van der Waals surface area contributed by atoms with Crippen LogP contribution in [0.25, 0.3) is 0 Å². The van der Waals surface area contributed by atoms with Gasteiger partial charge in [0.15, 0.2) is 0 Å². The first kappa shape index (κ1) is 12.0. The quantitative estimate of drug-likeness (QED) is 0.806. The van der Waals surface area contributed by atoms with Crippen LogP contribution < -0.4 is 5.32 Å². The number of nitrogens with one attached hydrogen (secondary N) is 1. The van der Waals surface area contributed by atoms with E-state index >= 15 is 0 Å². The first-order valence-corrected chi connectivity index (χ1v) is 7.70. The molecule has 0 radical (unpaired) electrons. The molecule has 0 aromatic heterocycles. The van der Waals surface area contributed by atoms with E-state index in [2.05, 4.69) is 17.3 Å². The summed E-state index contributed by atoms with van der Waals surface area (Å²) in [6, 6.07) is 0. The minimum absolute atomic E-state index is 0.910. The molecule has 3 aliphatic rings. The third-order valence-corrected chi connectivity index (χ3v) is 5.40. The summed E-state index contributed by atoms with van der Waals surface area (Å²) < 4.78 is 0. The maximum absolute atomic E-state index is 3.53. The lowest BCUT2D eigenvalue weighted by Gasteiger charge is -2.31. The molecule has 17 heavy (non-hydrogen) atoms. The van der Waals surface area contributed by atoms with Crippen molar-refractivity contribution in [2.75, 3.05) is 33.2 Å². The number of fused-ring (bicyclic) bond motifs is 2. The number of piperidine rings is 1. The molecule has 2 saturated carbocycles. The first-order chi connectivity index (χ1) is 8.31. The van der Waals surface area contributed by atoms with Crippen LogP contribution in [-0.2, 0) is 0 Å². The van der Waals surface area contributed by atoms with Crippen molar-refractivity contribution in [3.63, 3.8) is 0 Å². The molecule has 1 N–H and O–H groups in total. The monoisotopic (exact) mass is 236 g/mol. The number of hydrogen-bond donors (Lipinski definition) is 1. The van der Waals surface area contributed by atoms with Crippen molar-refractivity contribution in [3.8, 4) is 0 Å². The SMILES string of the molecule is CN(CC1CCCNC1)CC1CC2CCC1C2. The Morgan fingerprint density at radius 3 is 2.71 bits per heavy atom.